The number of anilines is 1. The number of nitriles is 1. The number of carbonyl (C=O) groups is 3. The van der Waals surface area contributed by atoms with Gasteiger partial charge in [-0.1, -0.05) is 12.1 Å². The van der Waals surface area contributed by atoms with Crippen molar-refractivity contribution in [2.75, 3.05) is 32.2 Å². The number of hydrogen-bond acceptors (Lipinski definition) is 8. The van der Waals surface area contributed by atoms with E-state index in [2.05, 4.69) is 0 Å². The van der Waals surface area contributed by atoms with Crippen LogP contribution in [0.5, 0.6) is 0 Å². The second kappa shape index (κ2) is 11.3. The summed E-state index contributed by atoms with van der Waals surface area (Å²) in [5, 5.41) is 9.55. The van der Waals surface area contributed by atoms with E-state index in [0.29, 0.717) is 16.0 Å². The molecule has 1 heterocycles. The van der Waals surface area contributed by atoms with Gasteiger partial charge in [0.15, 0.2) is 5.78 Å². The lowest BCUT2D eigenvalue weighted by Crippen LogP contribution is -2.12. The zero-order valence-corrected chi connectivity index (χ0v) is 19.7. The average Bonchev–Trinajstić information content (AvgIpc) is 3.08. The highest BCUT2D eigenvalue weighted by Crippen LogP contribution is 2.31. The SMILES string of the molecule is CCOC(=O)c1sc(CC(=O)/C(C#N)=C/c2ccc(N(C)C)cc2)c(C(=O)OCC)c1C. The third-order valence-electron chi connectivity index (χ3n) is 4.62. The first-order valence-corrected chi connectivity index (χ1v) is 10.9. The van der Waals surface area contributed by atoms with Gasteiger partial charge < -0.3 is 14.4 Å². The molecule has 7 nitrogen and oxygen atoms in total. The third-order valence-corrected chi connectivity index (χ3v) is 5.89. The molecule has 0 spiro atoms. The zero-order chi connectivity index (χ0) is 23.8. The maximum absolute atomic E-state index is 12.9. The Balaban J connectivity index is 2.39. The molecule has 0 aliphatic heterocycles. The van der Waals surface area contributed by atoms with Gasteiger partial charge in [0, 0.05) is 31.1 Å². The Bertz CT molecular complexity index is 1080. The molecule has 2 rings (SSSR count). The van der Waals surface area contributed by atoms with Crippen molar-refractivity contribution in [1.29, 1.82) is 5.26 Å². The van der Waals surface area contributed by atoms with Crippen LogP contribution < -0.4 is 4.90 Å². The molecule has 0 bridgehead atoms. The minimum atomic E-state index is -0.610. The summed E-state index contributed by atoms with van der Waals surface area (Å²) in [6, 6.07) is 9.35. The minimum Gasteiger partial charge on any atom is -0.462 e. The number of ketones is 1. The molecule has 2 aromatic rings. The van der Waals surface area contributed by atoms with Gasteiger partial charge in [0.25, 0.3) is 0 Å². The lowest BCUT2D eigenvalue weighted by atomic mass is 10.0. The van der Waals surface area contributed by atoms with Gasteiger partial charge in [0.2, 0.25) is 0 Å². The van der Waals surface area contributed by atoms with Crippen LogP contribution in [0.1, 0.15) is 49.9 Å². The summed E-state index contributed by atoms with van der Waals surface area (Å²) in [5.74, 6) is -1.62. The molecule has 0 saturated heterocycles. The maximum Gasteiger partial charge on any atom is 0.348 e. The van der Waals surface area contributed by atoms with Crippen LogP contribution in [0.3, 0.4) is 0 Å². The van der Waals surface area contributed by atoms with Crippen molar-refractivity contribution >= 4 is 40.8 Å². The first kappa shape index (κ1) is 24.8. The van der Waals surface area contributed by atoms with Crippen molar-refractivity contribution in [2.45, 2.75) is 27.2 Å². The maximum atomic E-state index is 12.9. The smallest absolute Gasteiger partial charge is 0.348 e. The van der Waals surface area contributed by atoms with Gasteiger partial charge in [-0.05, 0) is 50.1 Å². The molecule has 0 fully saturated rings. The predicted molar refractivity (Wildman–Crippen MR) is 124 cm³/mol. The number of rotatable bonds is 9. The van der Waals surface area contributed by atoms with E-state index in [1.54, 1.807) is 20.8 Å². The highest BCUT2D eigenvalue weighted by atomic mass is 32.1. The predicted octanol–water partition coefficient (Wildman–Crippen LogP) is 4.19. The molecule has 168 valence electrons. The molecule has 0 unspecified atom stereocenters. The largest absolute Gasteiger partial charge is 0.462 e. The Morgan fingerprint density at radius 2 is 1.66 bits per heavy atom. The van der Waals surface area contributed by atoms with Crippen LogP contribution in [-0.4, -0.2) is 45.0 Å². The van der Waals surface area contributed by atoms with Gasteiger partial charge in [-0.3, -0.25) is 4.79 Å². The summed E-state index contributed by atoms with van der Waals surface area (Å²) in [7, 11) is 3.84. The summed E-state index contributed by atoms with van der Waals surface area (Å²) in [4.78, 5) is 40.3. The highest BCUT2D eigenvalue weighted by Gasteiger charge is 2.27. The first-order valence-electron chi connectivity index (χ1n) is 10.1. The van der Waals surface area contributed by atoms with E-state index in [4.69, 9.17) is 9.47 Å². The fraction of sp³-hybridized carbons (Fsp3) is 0.333. The van der Waals surface area contributed by atoms with E-state index in [9.17, 15) is 19.6 Å². The fourth-order valence-electron chi connectivity index (χ4n) is 3.01. The van der Waals surface area contributed by atoms with Crippen LogP contribution in [0.2, 0.25) is 0 Å². The molecule has 0 amide bonds. The monoisotopic (exact) mass is 454 g/mol. The second-order valence-corrected chi connectivity index (χ2v) is 8.16. The summed E-state index contributed by atoms with van der Waals surface area (Å²) >= 11 is 1.02. The number of allylic oxidation sites excluding steroid dienone is 1. The summed E-state index contributed by atoms with van der Waals surface area (Å²) in [6.45, 7) is 5.33. The number of carbonyl (C=O) groups excluding carboxylic acids is 3. The Morgan fingerprint density at radius 3 is 2.19 bits per heavy atom. The van der Waals surface area contributed by atoms with Crippen LogP contribution in [0.15, 0.2) is 29.8 Å². The Morgan fingerprint density at radius 1 is 1.06 bits per heavy atom. The van der Waals surface area contributed by atoms with Gasteiger partial charge in [-0.25, -0.2) is 9.59 Å². The molecule has 1 aromatic carbocycles. The molecule has 0 saturated carbocycles. The first-order chi connectivity index (χ1) is 15.2. The minimum absolute atomic E-state index is 0.0406. The molecule has 0 radical (unpaired) electrons. The van der Waals surface area contributed by atoms with Gasteiger partial charge in [0.1, 0.15) is 10.9 Å². The number of ether oxygens (including phenoxy) is 2. The molecule has 0 aliphatic rings. The Labute approximate surface area is 191 Å². The van der Waals surface area contributed by atoms with Gasteiger partial charge >= 0.3 is 11.9 Å². The Kier molecular flexibility index (Phi) is 8.73. The molecule has 0 atom stereocenters. The number of thiophene rings is 1. The number of Topliss-reactive ketones (excluding diaryl/α,β-unsaturated/α-hetero) is 1. The van der Waals surface area contributed by atoms with Crippen molar-refractivity contribution in [2.24, 2.45) is 0 Å². The molecule has 0 N–H and O–H groups in total. The number of nitrogens with zero attached hydrogens (tertiary/aromatic N) is 2. The lowest BCUT2D eigenvalue weighted by Gasteiger charge is -2.11. The van der Waals surface area contributed by atoms with Crippen LogP contribution in [0.4, 0.5) is 5.69 Å². The zero-order valence-electron chi connectivity index (χ0n) is 18.9. The van der Waals surface area contributed by atoms with Crippen LogP contribution in [0, 0.1) is 18.3 Å². The molecule has 0 aliphatic carbocycles. The topological polar surface area (TPSA) is 96.7 Å². The van der Waals surface area contributed by atoms with Crippen molar-refractivity contribution in [3.05, 3.63) is 56.3 Å². The van der Waals surface area contributed by atoms with Crippen molar-refractivity contribution in [1.82, 2.24) is 0 Å². The fourth-order valence-corrected chi connectivity index (χ4v) is 4.20. The average molecular weight is 455 g/mol. The molecular formula is C24H26N2O5S. The van der Waals surface area contributed by atoms with E-state index in [1.165, 1.54) is 6.08 Å². The van der Waals surface area contributed by atoms with E-state index in [-0.39, 0.29) is 35.6 Å². The van der Waals surface area contributed by atoms with Gasteiger partial charge in [0.05, 0.1) is 24.4 Å². The van der Waals surface area contributed by atoms with Crippen molar-refractivity contribution in [3.8, 4) is 6.07 Å². The van der Waals surface area contributed by atoms with Crippen molar-refractivity contribution in [3.63, 3.8) is 0 Å². The summed E-state index contributed by atoms with van der Waals surface area (Å²) < 4.78 is 10.2. The van der Waals surface area contributed by atoms with Crippen LogP contribution >= 0.6 is 11.3 Å². The summed E-state index contributed by atoms with van der Waals surface area (Å²) in [6.07, 6.45) is 1.31. The number of hydrogen-bond donors (Lipinski definition) is 0. The highest BCUT2D eigenvalue weighted by molar-refractivity contribution is 7.14. The second-order valence-electron chi connectivity index (χ2n) is 7.05. The normalized spacial score (nSPS) is 10.9. The van der Waals surface area contributed by atoms with E-state index in [0.717, 1.165) is 17.0 Å². The van der Waals surface area contributed by atoms with Crippen LogP contribution in [-0.2, 0) is 20.7 Å². The summed E-state index contributed by atoms with van der Waals surface area (Å²) in [5.41, 5.74) is 2.26. The van der Waals surface area contributed by atoms with Gasteiger partial charge in [-0.15, -0.1) is 11.3 Å². The standard InChI is InChI=1S/C24H26N2O5S/c1-6-30-23(28)21-15(3)22(24(29)31-7-2)32-20(21)13-19(27)17(14-25)12-16-8-10-18(11-9-16)26(4)5/h8-12H,6-7,13H2,1-5H3/b17-12+. The Hall–Kier alpha value is -3.44. The van der Waals surface area contributed by atoms with Crippen LogP contribution in [0.25, 0.3) is 6.08 Å². The molecular weight excluding hydrogens is 428 g/mol. The van der Waals surface area contributed by atoms with E-state index in [1.807, 2.05) is 49.3 Å². The lowest BCUT2D eigenvalue weighted by molar-refractivity contribution is -0.114. The molecule has 1 aromatic heterocycles. The number of esters is 2. The van der Waals surface area contributed by atoms with E-state index >= 15 is 0 Å². The molecule has 8 heteroatoms. The molecule has 32 heavy (non-hydrogen) atoms. The third kappa shape index (κ3) is 5.83. The van der Waals surface area contributed by atoms with E-state index < -0.39 is 17.7 Å². The van der Waals surface area contributed by atoms with Gasteiger partial charge in [-0.2, -0.15) is 5.26 Å². The number of benzene rings is 1. The van der Waals surface area contributed by atoms with Crippen molar-refractivity contribution < 1.29 is 23.9 Å². The quantitative estimate of drug-likeness (QED) is 0.318.